The van der Waals surface area contributed by atoms with Crippen molar-refractivity contribution in [2.45, 2.75) is 90.0 Å². The van der Waals surface area contributed by atoms with Crippen molar-refractivity contribution in [1.82, 2.24) is 0 Å². The molecule has 0 saturated carbocycles. The molecule has 6 atom stereocenters. The zero-order valence-corrected chi connectivity index (χ0v) is 35.1. The third-order valence-corrected chi connectivity index (χ3v) is 10.7. The molecule has 296 valence electrons. The maximum absolute atomic E-state index is 13.7. The molecule has 0 N–H and O–H groups in total. The van der Waals surface area contributed by atoms with Gasteiger partial charge in [0.05, 0.1) is 38.8 Å². The van der Waals surface area contributed by atoms with Gasteiger partial charge < -0.3 is 37.3 Å². The van der Waals surface area contributed by atoms with E-state index in [4.69, 9.17) is 44.2 Å². The molecule has 0 radical (unpaired) electrons. The van der Waals surface area contributed by atoms with E-state index in [1.54, 1.807) is 62.4 Å². The molecule has 0 aromatic heterocycles. The molecule has 1 saturated heterocycles. The average molecular weight is 806 g/mol. The van der Waals surface area contributed by atoms with E-state index in [1.807, 2.05) is 32.1 Å². The van der Waals surface area contributed by atoms with Gasteiger partial charge in [0, 0.05) is 43.7 Å². The fourth-order valence-electron chi connectivity index (χ4n) is 5.29. The number of rotatable bonds is 23. The summed E-state index contributed by atoms with van der Waals surface area (Å²) in [6.45, 7) is 14.4. The van der Waals surface area contributed by atoms with E-state index < -0.39 is 44.1 Å². The third kappa shape index (κ3) is 15.0. The van der Waals surface area contributed by atoms with Gasteiger partial charge in [0.2, 0.25) is 0 Å². The fraction of sp³-hybridized carbons (Fsp3) is 0.526. The normalized spacial score (nSPS) is 19.0. The Kier molecular flexibility index (Phi) is 17.8. The first-order chi connectivity index (χ1) is 26.2. The summed E-state index contributed by atoms with van der Waals surface area (Å²) in [6.07, 6.45) is 5.29. The Morgan fingerprint density at radius 2 is 1.87 bits per heavy atom. The van der Waals surface area contributed by atoms with Crippen molar-refractivity contribution in [3.05, 3.63) is 87.8 Å². The molecule has 1 aliphatic heterocycles. The van der Waals surface area contributed by atoms with E-state index in [-0.39, 0.29) is 58.3 Å². The highest BCUT2D eigenvalue weighted by molar-refractivity contribution is 8.40. The number of carbonyl (C=O) groups is 2. The van der Waals surface area contributed by atoms with Crippen molar-refractivity contribution in [2.75, 3.05) is 33.7 Å². The quantitative estimate of drug-likeness (QED) is 0.0101. The summed E-state index contributed by atoms with van der Waals surface area (Å²) in [4.78, 5) is 29.8. The van der Waals surface area contributed by atoms with E-state index in [0.717, 1.165) is 17.7 Å². The van der Waals surface area contributed by atoms with Gasteiger partial charge in [-0.2, -0.15) is 0 Å². The Hall–Kier alpha value is -3.39. The fourth-order valence-corrected chi connectivity index (χ4v) is 6.79. The molecule has 0 aliphatic carbocycles. The summed E-state index contributed by atoms with van der Waals surface area (Å²) in [6, 6.07) is 12.8. The standard InChI is InChI=1S/C38H54N3O10PSSi/c1-26(27(2)51-53-52)17-18-31(48-36(42)28-13-10-9-11-14-28)35-32(49-38(3,4)50-35)16-12-15-29-23-30(45-20-19-40-41-39)24-33(47-25-44-5)34(29)37(43)46-21-22-54(6,7)8/h9-15,17-18,23-24,26-27,31-32,35H,16,19-22,25,52H2,1-8H3/b15-12+,18-17-/t26-,27+,31?,32+,35?/m1/s1/i52T/t26-,27+,31?,32+,35?,52?. The highest BCUT2D eigenvalue weighted by Crippen LogP contribution is 2.36. The summed E-state index contributed by atoms with van der Waals surface area (Å²) in [5.74, 6) is -1.57. The Labute approximate surface area is 327 Å². The molecular formula is C38H54N3O10PSSi. The number of azide groups is 1. The maximum atomic E-state index is 13.7. The van der Waals surface area contributed by atoms with Gasteiger partial charge >= 0.3 is 11.9 Å². The Bertz CT molecular complexity index is 1640. The zero-order chi connectivity index (χ0) is 40.4. The Morgan fingerprint density at radius 1 is 1.11 bits per heavy atom. The molecule has 1 fully saturated rings. The average Bonchev–Trinajstić information content (AvgIpc) is 3.46. The lowest BCUT2D eigenvalue weighted by molar-refractivity contribution is -0.152. The van der Waals surface area contributed by atoms with Gasteiger partial charge in [0.15, 0.2) is 12.6 Å². The third-order valence-electron chi connectivity index (χ3n) is 8.26. The number of ether oxygens (including phenoxy) is 7. The van der Waals surface area contributed by atoms with E-state index >= 15 is 0 Å². The monoisotopic (exact) mass is 805 g/mol. The van der Waals surface area contributed by atoms with Crippen molar-refractivity contribution in [3.8, 4) is 11.5 Å². The van der Waals surface area contributed by atoms with Crippen LogP contribution in [0.3, 0.4) is 0 Å². The summed E-state index contributed by atoms with van der Waals surface area (Å²) in [5, 5.41) is 3.53. The largest absolute Gasteiger partial charge is 0.493 e. The number of methoxy groups -OCH3 is 1. The molecule has 2 aromatic rings. The van der Waals surface area contributed by atoms with Gasteiger partial charge in [-0.1, -0.05) is 68.1 Å². The second-order valence-corrected chi connectivity index (χ2v) is 20.8. The van der Waals surface area contributed by atoms with Crippen molar-refractivity contribution < 1.29 is 46.9 Å². The van der Waals surface area contributed by atoms with Crippen LogP contribution in [-0.2, 0) is 27.9 Å². The van der Waals surface area contributed by atoms with Gasteiger partial charge in [-0.15, -0.1) is 0 Å². The molecule has 1 heterocycles. The van der Waals surface area contributed by atoms with E-state index in [1.165, 1.54) is 7.11 Å². The van der Waals surface area contributed by atoms with Crippen LogP contribution in [-0.4, -0.2) is 85.2 Å². The lowest BCUT2D eigenvalue weighted by Gasteiger charge is -2.25. The molecule has 0 bridgehead atoms. The van der Waals surface area contributed by atoms with E-state index in [2.05, 4.69) is 29.7 Å². The summed E-state index contributed by atoms with van der Waals surface area (Å²) >= 11 is 1.09. The van der Waals surface area contributed by atoms with E-state index in [9.17, 15) is 9.59 Å². The second kappa shape index (κ2) is 22.2. The van der Waals surface area contributed by atoms with Gasteiger partial charge in [-0.3, -0.25) is 0 Å². The molecule has 3 rings (SSSR count). The predicted octanol–water partition coefficient (Wildman–Crippen LogP) is 9.04. The Balaban J connectivity index is 1.99. The molecule has 0 amide bonds. The molecule has 1 aliphatic rings. The maximum Gasteiger partial charge on any atom is 0.342 e. The molecule has 0 spiro atoms. The van der Waals surface area contributed by atoms with Crippen molar-refractivity contribution in [3.63, 3.8) is 0 Å². The van der Waals surface area contributed by atoms with Gasteiger partial charge in [-0.25, -0.2) is 9.59 Å². The van der Waals surface area contributed by atoms with Crippen LogP contribution in [0.15, 0.2) is 65.8 Å². The van der Waals surface area contributed by atoms with Crippen LogP contribution in [0.1, 0.15) is 60.4 Å². The number of hydrogen-bond donors (Lipinski definition) is 0. The minimum Gasteiger partial charge on any atom is -0.493 e. The second-order valence-electron chi connectivity index (χ2n) is 14.3. The van der Waals surface area contributed by atoms with Crippen LogP contribution in [0, 0.1) is 5.92 Å². The first-order valence-electron chi connectivity index (χ1n) is 18.2. The van der Waals surface area contributed by atoms with Gasteiger partial charge in [-0.05, 0) is 77.0 Å². The molecular weight excluding hydrogens is 750 g/mol. The van der Waals surface area contributed by atoms with Crippen molar-refractivity contribution >= 4 is 46.1 Å². The minimum atomic E-state index is -1.49. The number of esters is 2. The number of carbonyl (C=O) groups excluding carboxylic acids is 2. The van der Waals surface area contributed by atoms with E-state index in [0.29, 0.717) is 23.3 Å². The van der Waals surface area contributed by atoms with Gasteiger partial charge in [0.1, 0.15) is 29.3 Å². The minimum absolute atomic E-state index is 0.0740. The molecule has 16 heteroatoms. The smallest absolute Gasteiger partial charge is 0.342 e. The highest BCUT2D eigenvalue weighted by Gasteiger charge is 2.45. The Morgan fingerprint density at radius 3 is 2.56 bits per heavy atom. The lowest BCUT2D eigenvalue weighted by atomic mass is 9.99. The SMILES string of the molecule is [3H]PSO[C@@H](C)[C@H](C)/C=C\C(OC(=O)c1ccccc1)C1OC(C)(C)O[C@H]1C/C=C/c1cc(OCCN=[N+]=[N-])cc(OCOC)c1C(=O)OCC[Si](C)(C)C. The van der Waals surface area contributed by atoms with Crippen LogP contribution >= 0.6 is 20.0 Å². The highest BCUT2D eigenvalue weighted by atomic mass is 32.7. The first kappa shape index (κ1) is 43.3. The first-order valence-corrected chi connectivity index (χ1v) is 23.4. The molecule has 54 heavy (non-hydrogen) atoms. The number of benzene rings is 2. The molecule has 2 aromatic carbocycles. The molecule has 3 unspecified atom stereocenters. The predicted molar refractivity (Wildman–Crippen MR) is 216 cm³/mol. The van der Waals surface area contributed by atoms with Crippen LogP contribution in [0.25, 0.3) is 16.5 Å². The van der Waals surface area contributed by atoms with Crippen molar-refractivity contribution in [2.24, 2.45) is 11.0 Å². The zero-order valence-electron chi connectivity index (χ0n) is 33.3. The summed E-state index contributed by atoms with van der Waals surface area (Å²) in [7, 11) is -0.174. The molecule has 13 nitrogen and oxygen atoms in total. The van der Waals surface area contributed by atoms with Crippen LogP contribution in [0.2, 0.25) is 25.7 Å². The van der Waals surface area contributed by atoms with Crippen LogP contribution in [0.4, 0.5) is 0 Å². The topological polar surface area (TPSA) is 157 Å². The van der Waals surface area contributed by atoms with Crippen LogP contribution < -0.4 is 9.47 Å². The van der Waals surface area contributed by atoms with Crippen molar-refractivity contribution in [1.29, 1.82) is 1.28 Å². The number of hydrogen-bond acceptors (Lipinski definition) is 12. The summed E-state index contributed by atoms with van der Waals surface area (Å²) < 4.78 is 54.6. The van der Waals surface area contributed by atoms with Gasteiger partial charge in [0.25, 0.3) is 0 Å². The summed E-state index contributed by atoms with van der Waals surface area (Å²) in [5.41, 5.74) is 9.74. The van der Waals surface area contributed by atoms with Crippen LogP contribution in [0.5, 0.6) is 11.5 Å². The lowest BCUT2D eigenvalue weighted by Crippen LogP contribution is -2.37. The number of nitrogens with zero attached hydrogens (tertiary/aromatic N) is 3.